The lowest BCUT2D eigenvalue weighted by Gasteiger charge is -2.31. The van der Waals surface area contributed by atoms with Crippen LogP contribution >= 0.6 is 23.2 Å². The van der Waals surface area contributed by atoms with E-state index in [0.717, 1.165) is 6.42 Å². The van der Waals surface area contributed by atoms with Crippen LogP contribution < -0.4 is 5.32 Å². The molecule has 0 radical (unpaired) electrons. The maximum Gasteiger partial charge on any atom is 0.224 e. The van der Waals surface area contributed by atoms with Gasteiger partial charge in [-0.3, -0.25) is 4.79 Å². The highest BCUT2D eigenvalue weighted by Gasteiger charge is 2.33. The highest BCUT2D eigenvalue weighted by Crippen LogP contribution is 2.29. The van der Waals surface area contributed by atoms with Crippen LogP contribution in [0.25, 0.3) is 0 Å². The van der Waals surface area contributed by atoms with Crippen molar-refractivity contribution in [3.8, 4) is 0 Å². The molecular formula is C18H26Cl2N2O3S. The average Bonchev–Trinajstić information content (AvgIpc) is 2.58. The van der Waals surface area contributed by atoms with E-state index in [1.807, 2.05) is 0 Å². The fourth-order valence-corrected chi connectivity index (χ4v) is 5.34. The summed E-state index contributed by atoms with van der Waals surface area (Å²) < 4.78 is 27.0. The number of nitrogens with zero attached hydrogens (tertiary/aromatic N) is 1. The summed E-state index contributed by atoms with van der Waals surface area (Å²) in [6, 6.07) is 4.93. The Labute approximate surface area is 166 Å². The maximum atomic E-state index is 12.8. The van der Waals surface area contributed by atoms with Crippen LogP contribution in [0.1, 0.15) is 38.7 Å². The van der Waals surface area contributed by atoms with Gasteiger partial charge in [0, 0.05) is 35.2 Å². The third-order valence-corrected chi connectivity index (χ3v) is 7.04. The molecule has 1 amide bonds. The normalized spacial score (nSPS) is 18.9. The number of halogens is 2. The summed E-state index contributed by atoms with van der Waals surface area (Å²) in [5.74, 6) is -0.125. The smallest absolute Gasteiger partial charge is 0.224 e. The van der Waals surface area contributed by atoms with E-state index in [9.17, 15) is 13.2 Å². The zero-order valence-corrected chi connectivity index (χ0v) is 17.5. The first-order valence-corrected chi connectivity index (χ1v) is 11.3. The lowest BCUT2D eigenvalue weighted by Crippen LogP contribution is -2.46. The van der Waals surface area contributed by atoms with E-state index in [1.165, 1.54) is 4.31 Å². The van der Waals surface area contributed by atoms with E-state index >= 15 is 0 Å². The maximum absolute atomic E-state index is 12.8. The van der Waals surface area contributed by atoms with Gasteiger partial charge >= 0.3 is 0 Å². The third-order valence-electron chi connectivity index (χ3n) is 4.56. The Bertz CT molecular complexity index is 718. The molecule has 26 heavy (non-hydrogen) atoms. The first-order chi connectivity index (χ1) is 12.2. The summed E-state index contributed by atoms with van der Waals surface area (Å²) in [6.45, 7) is 5.44. The molecule has 1 aliphatic rings. The molecule has 1 N–H and O–H groups in total. The van der Waals surface area contributed by atoms with Gasteiger partial charge in [-0.1, -0.05) is 43.1 Å². The Balaban J connectivity index is 2.02. The van der Waals surface area contributed by atoms with Crippen molar-refractivity contribution in [2.24, 2.45) is 11.8 Å². The SMILES string of the molecule is CC(C)CCNC(=O)[C@@H]1CCCN(S(=O)(=O)Cc2c(Cl)cccc2Cl)C1. The van der Waals surface area contributed by atoms with Crippen molar-refractivity contribution in [3.05, 3.63) is 33.8 Å². The number of nitrogens with one attached hydrogen (secondary N) is 1. The van der Waals surface area contributed by atoms with Crippen molar-refractivity contribution >= 4 is 39.1 Å². The molecular weight excluding hydrogens is 395 g/mol. The van der Waals surface area contributed by atoms with Gasteiger partial charge in [0.15, 0.2) is 0 Å². The highest BCUT2D eigenvalue weighted by molar-refractivity contribution is 7.88. The van der Waals surface area contributed by atoms with Gasteiger partial charge in [0.05, 0.1) is 11.7 Å². The Kier molecular flexibility index (Phi) is 7.76. The van der Waals surface area contributed by atoms with Gasteiger partial charge < -0.3 is 5.32 Å². The number of amides is 1. The minimum Gasteiger partial charge on any atom is -0.356 e. The molecule has 1 atom stereocenters. The predicted molar refractivity (Wildman–Crippen MR) is 106 cm³/mol. The van der Waals surface area contributed by atoms with Crippen LogP contribution in [-0.2, 0) is 20.6 Å². The quantitative estimate of drug-likeness (QED) is 0.730. The number of hydrogen-bond acceptors (Lipinski definition) is 3. The molecule has 1 fully saturated rings. The van der Waals surface area contributed by atoms with Crippen LogP contribution in [0.3, 0.4) is 0 Å². The van der Waals surface area contributed by atoms with Gasteiger partial charge in [-0.25, -0.2) is 12.7 Å². The summed E-state index contributed by atoms with van der Waals surface area (Å²) in [6.07, 6.45) is 2.27. The molecule has 0 saturated carbocycles. The standard InChI is InChI=1S/C18H26Cl2N2O3S/c1-13(2)8-9-21-18(23)14-5-4-10-22(11-14)26(24,25)12-15-16(19)6-3-7-17(15)20/h3,6-7,13-14H,4-5,8-12H2,1-2H3,(H,21,23)/t14-/m1/s1. The third kappa shape index (κ3) is 5.84. The Morgan fingerprint density at radius 2 is 1.96 bits per heavy atom. The van der Waals surface area contributed by atoms with Crippen LogP contribution in [0.15, 0.2) is 18.2 Å². The fourth-order valence-electron chi connectivity index (χ4n) is 2.98. The molecule has 1 aromatic carbocycles. The summed E-state index contributed by atoms with van der Waals surface area (Å²) in [4.78, 5) is 12.3. The zero-order chi connectivity index (χ0) is 19.3. The van der Waals surface area contributed by atoms with Crippen molar-refractivity contribution in [2.45, 2.75) is 38.9 Å². The molecule has 0 spiro atoms. The van der Waals surface area contributed by atoms with Crippen LogP contribution in [0.5, 0.6) is 0 Å². The van der Waals surface area contributed by atoms with Gasteiger partial charge in [0.2, 0.25) is 15.9 Å². The fraction of sp³-hybridized carbons (Fsp3) is 0.611. The van der Waals surface area contributed by atoms with E-state index in [2.05, 4.69) is 19.2 Å². The summed E-state index contributed by atoms with van der Waals surface area (Å²) >= 11 is 12.2. The van der Waals surface area contributed by atoms with Gasteiger partial charge in [0.1, 0.15) is 0 Å². The molecule has 0 unspecified atom stereocenters. The summed E-state index contributed by atoms with van der Waals surface area (Å²) in [5, 5.41) is 3.59. The zero-order valence-electron chi connectivity index (χ0n) is 15.2. The van der Waals surface area contributed by atoms with Crippen LogP contribution in [0.2, 0.25) is 10.0 Å². The van der Waals surface area contributed by atoms with E-state index in [0.29, 0.717) is 47.5 Å². The number of rotatable bonds is 7. The lowest BCUT2D eigenvalue weighted by atomic mass is 9.98. The molecule has 1 aromatic rings. The van der Waals surface area contributed by atoms with Crippen LogP contribution in [0.4, 0.5) is 0 Å². The van der Waals surface area contributed by atoms with Gasteiger partial charge in [-0.05, 0) is 37.3 Å². The topological polar surface area (TPSA) is 66.5 Å². The molecule has 146 valence electrons. The number of sulfonamides is 1. The Morgan fingerprint density at radius 3 is 2.58 bits per heavy atom. The van der Waals surface area contributed by atoms with E-state index in [1.54, 1.807) is 18.2 Å². The monoisotopic (exact) mass is 420 g/mol. The number of piperidine rings is 1. The first-order valence-electron chi connectivity index (χ1n) is 8.89. The Morgan fingerprint density at radius 1 is 1.31 bits per heavy atom. The average molecular weight is 421 g/mol. The van der Waals surface area contributed by atoms with Gasteiger partial charge in [-0.2, -0.15) is 0 Å². The minimum absolute atomic E-state index is 0.0682. The van der Waals surface area contributed by atoms with E-state index in [4.69, 9.17) is 23.2 Å². The number of hydrogen-bond donors (Lipinski definition) is 1. The van der Waals surface area contributed by atoms with Gasteiger partial charge in [-0.15, -0.1) is 0 Å². The van der Waals surface area contributed by atoms with Crippen molar-refractivity contribution in [1.82, 2.24) is 9.62 Å². The molecule has 0 bridgehead atoms. The first kappa shape index (κ1) is 21.5. The molecule has 5 nitrogen and oxygen atoms in total. The highest BCUT2D eigenvalue weighted by atomic mass is 35.5. The molecule has 2 rings (SSSR count). The molecule has 1 saturated heterocycles. The Hall–Kier alpha value is -0.820. The van der Waals surface area contributed by atoms with Crippen molar-refractivity contribution in [1.29, 1.82) is 0 Å². The molecule has 8 heteroatoms. The van der Waals surface area contributed by atoms with Crippen LogP contribution in [-0.4, -0.2) is 38.3 Å². The molecule has 0 aromatic heterocycles. The molecule has 0 aliphatic carbocycles. The largest absolute Gasteiger partial charge is 0.356 e. The summed E-state index contributed by atoms with van der Waals surface area (Å²) in [5.41, 5.74) is 0.402. The number of carbonyl (C=O) groups is 1. The van der Waals surface area contributed by atoms with E-state index < -0.39 is 10.0 Å². The van der Waals surface area contributed by atoms with Crippen molar-refractivity contribution < 1.29 is 13.2 Å². The van der Waals surface area contributed by atoms with Crippen molar-refractivity contribution in [2.75, 3.05) is 19.6 Å². The summed E-state index contributed by atoms with van der Waals surface area (Å²) in [7, 11) is -3.60. The number of benzene rings is 1. The van der Waals surface area contributed by atoms with Crippen molar-refractivity contribution in [3.63, 3.8) is 0 Å². The minimum atomic E-state index is -3.60. The van der Waals surface area contributed by atoms with Crippen LogP contribution in [0, 0.1) is 11.8 Å². The molecule has 1 heterocycles. The van der Waals surface area contributed by atoms with Gasteiger partial charge in [0.25, 0.3) is 0 Å². The van der Waals surface area contributed by atoms with E-state index in [-0.39, 0.29) is 24.1 Å². The number of carbonyl (C=O) groups excluding carboxylic acids is 1. The second-order valence-corrected chi connectivity index (χ2v) is 9.91. The second kappa shape index (κ2) is 9.40. The predicted octanol–water partition coefficient (Wildman–Crippen LogP) is 3.70. The second-order valence-electron chi connectivity index (χ2n) is 7.13. The lowest BCUT2D eigenvalue weighted by molar-refractivity contribution is -0.126. The molecule has 1 aliphatic heterocycles.